The first kappa shape index (κ1) is 16.2. The first-order valence-corrected chi connectivity index (χ1v) is 7.18. The highest BCUT2D eigenvalue weighted by Gasteiger charge is 2.21. The van der Waals surface area contributed by atoms with Gasteiger partial charge in [-0.2, -0.15) is 0 Å². The van der Waals surface area contributed by atoms with E-state index in [9.17, 15) is 9.59 Å². The average Bonchev–Trinajstić information content (AvgIpc) is 2.39. The molecule has 0 spiro atoms. The lowest BCUT2D eigenvalue weighted by Crippen LogP contribution is -2.44. The maximum atomic E-state index is 12.3. The quantitative estimate of drug-likeness (QED) is 0.804. The van der Waals surface area contributed by atoms with Crippen molar-refractivity contribution in [1.29, 1.82) is 0 Å². The summed E-state index contributed by atoms with van der Waals surface area (Å²) in [4.78, 5) is 24.0. The molecule has 4 heteroatoms. The molecule has 0 fully saturated rings. The highest BCUT2D eigenvalue weighted by atomic mass is 16.2. The average molecular weight is 276 g/mol. The highest BCUT2D eigenvalue weighted by molar-refractivity contribution is 5.97. The van der Waals surface area contributed by atoms with Gasteiger partial charge in [-0.25, -0.2) is 0 Å². The minimum atomic E-state index is -0.478. The van der Waals surface area contributed by atoms with E-state index in [2.05, 4.69) is 10.6 Å². The minimum Gasteiger partial charge on any atom is -0.344 e. The first-order chi connectivity index (χ1) is 9.52. The van der Waals surface area contributed by atoms with Crippen LogP contribution < -0.4 is 10.6 Å². The number of hydrogen-bond acceptors (Lipinski definition) is 2. The van der Waals surface area contributed by atoms with Crippen molar-refractivity contribution in [2.75, 3.05) is 5.32 Å². The third kappa shape index (κ3) is 5.87. The Morgan fingerprint density at radius 3 is 2.35 bits per heavy atom. The van der Waals surface area contributed by atoms with E-state index in [1.807, 2.05) is 51.1 Å². The van der Waals surface area contributed by atoms with Gasteiger partial charge in [0.2, 0.25) is 11.8 Å². The molecule has 0 saturated carbocycles. The molecular weight excluding hydrogens is 252 g/mol. The Bertz CT molecular complexity index is 429. The lowest BCUT2D eigenvalue weighted by molar-refractivity contribution is -0.126. The molecule has 20 heavy (non-hydrogen) atoms. The Morgan fingerprint density at radius 2 is 1.80 bits per heavy atom. The number of carbonyl (C=O) groups excluding carboxylic acids is 2. The Balaban J connectivity index is 2.66. The van der Waals surface area contributed by atoms with Crippen LogP contribution in [-0.4, -0.2) is 17.9 Å². The molecule has 0 aliphatic carbocycles. The van der Waals surface area contributed by atoms with Gasteiger partial charge in [-0.05, 0) is 30.9 Å². The zero-order valence-corrected chi connectivity index (χ0v) is 12.5. The lowest BCUT2D eigenvalue weighted by Gasteiger charge is -2.20. The summed E-state index contributed by atoms with van der Waals surface area (Å²) in [5.41, 5.74) is 0.746. The van der Waals surface area contributed by atoms with Crippen LogP contribution in [0.1, 0.15) is 40.0 Å². The molecular formula is C16H24N2O2. The molecule has 110 valence electrons. The summed E-state index contributed by atoms with van der Waals surface area (Å²) in [7, 11) is 0. The van der Waals surface area contributed by atoms with Crippen LogP contribution in [0, 0.1) is 5.92 Å². The third-order valence-corrected chi connectivity index (χ3v) is 2.88. The van der Waals surface area contributed by atoms with Gasteiger partial charge in [0.25, 0.3) is 0 Å². The number of carbonyl (C=O) groups is 2. The Morgan fingerprint density at radius 1 is 1.15 bits per heavy atom. The van der Waals surface area contributed by atoms with Gasteiger partial charge in [0.05, 0.1) is 0 Å². The Kier molecular flexibility index (Phi) is 6.77. The van der Waals surface area contributed by atoms with Gasteiger partial charge in [-0.1, -0.05) is 39.0 Å². The van der Waals surface area contributed by atoms with Crippen LogP contribution >= 0.6 is 0 Å². The van der Waals surface area contributed by atoms with Crippen LogP contribution in [0.2, 0.25) is 0 Å². The molecule has 0 bridgehead atoms. The summed E-state index contributed by atoms with van der Waals surface area (Å²) in [5.74, 6) is 0.110. The van der Waals surface area contributed by atoms with E-state index in [1.165, 1.54) is 0 Å². The van der Waals surface area contributed by atoms with Gasteiger partial charge < -0.3 is 10.6 Å². The molecule has 1 rings (SSSR count). The van der Waals surface area contributed by atoms with Crippen molar-refractivity contribution in [3.05, 3.63) is 30.3 Å². The fourth-order valence-corrected chi connectivity index (χ4v) is 1.95. The lowest BCUT2D eigenvalue weighted by atomic mass is 10.0. The molecule has 0 aromatic heterocycles. The number of amides is 2. The van der Waals surface area contributed by atoms with Crippen molar-refractivity contribution in [1.82, 2.24) is 5.32 Å². The zero-order valence-electron chi connectivity index (χ0n) is 12.5. The second-order valence-electron chi connectivity index (χ2n) is 5.35. The number of nitrogens with one attached hydrogen (secondary N) is 2. The molecule has 0 unspecified atom stereocenters. The summed E-state index contributed by atoms with van der Waals surface area (Å²) in [6.45, 7) is 6.02. The van der Waals surface area contributed by atoms with Crippen LogP contribution in [0.15, 0.2) is 30.3 Å². The van der Waals surface area contributed by atoms with E-state index >= 15 is 0 Å². The summed E-state index contributed by atoms with van der Waals surface area (Å²) >= 11 is 0. The van der Waals surface area contributed by atoms with Crippen LogP contribution in [0.25, 0.3) is 0 Å². The van der Waals surface area contributed by atoms with E-state index in [0.29, 0.717) is 18.8 Å². The van der Waals surface area contributed by atoms with Crippen molar-refractivity contribution < 1.29 is 9.59 Å². The Hall–Kier alpha value is -1.84. The molecule has 4 nitrogen and oxygen atoms in total. The SMILES string of the molecule is CCCC(=O)N[C@@H](CC(C)C)C(=O)Nc1ccccc1. The molecule has 0 radical (unpaired) electrons. The van der Waals surface area contributed by atoms with Gasteiger partial charge in [0, 0.05) is 12.1 Å². The van der Waals surface area contributed by atoms with E-state index in [1.54, 1.807) is 0 Å². The molecule has 1 atom stereocenters. The second-order valence-corrected chi connectivity index (χ2v) is 5.35. The monoisotopic (exact) mass is 276 g/mol. The van der Waals surface area contributed by atoms with Crippen LogP contribution in [-0.2, 0) is 9.59 Å². The standard InChI is InChI=1S/C16H24N2O2/c1-4-8-15(19)18-14(11-12(2)3)16(20)17-13-9-6-5-7-10-13/h5-7,9-10,12,14H,4,8,11H2,1-3H3,(H,17,20)(H,18,19)/t14-/m0/s1. The van der Waals surface area contributed by atoms with Crippen molar-refractivity contribution >= 4 is 17.5 Å². The van der Waals surface area contributed by atoms with Gasteiger partial charge >= 0.3 is 0 Å². The van der Waals surface area contributed by atoms with E-state index < -0.39 is 6.04 Å². The van der Waals surface area contributed by atoms with E-state index in [0.717, 1.165) is 12.1 Å². The van der Waals surface area contributed by atoms with Crippen molar-refractivity contribution in [3.8, 4) is 0 Å². The molecule has 2 N–H and O–H groups in total. The number of benzene rings is 1. The summed E-state index contributed by atoms with van der Waals surface area (Å²) in [6.07, 6.45) is 1.86. The van der Waals surface area contributed by atoms with Gasteiger partial charge in [-0.3, -0.25) is 9.59 Å². The molecule has 2 amide bonds. The summed E-state index contributed by atoms with van der Waals surface area (Å²) in [5, 5.41) is 5.66. The largest absolute Gasteiger partial charge is 0.344 e. The fourth-order valence-electron chi connectivity index (χ4n) is 1.95. The maximum Gasteiger partial charge on any atom is 0.246 e. The summed E-state index contributed by atoms with van der Waals surface area (Å²) in [6, 6.07) is 8.81. The molecule has 1 aromatic carbocycles. The normalized spacial score (nSPS) is 12.0. The van der Waals surface area contributed by atoms with E-state index in [4.69, 9.17) is 0 Å². The van der Waals surface area contributed by atoms with Gasteiger partial charge in [0.15, 0.2) is 0 Å². The van der Waals surface area contributed by atoms with Gasteiger partial charge in [-0.15, -0.1) is 0 Å². The van der Waals surface area contributed by atoms with Crippen LogP contribution in [0.3, 0.4) is 0 Å². The third-order valence-electron chi connectivity index (χ3n) is 2.88. The number of hydrogen-bond donors (Lipinski definition) is 2. The minimum absolute atomic E-state index is 0.0682. The van der Waals surface area contributed by atoms with Crippen LogP contribution in [0.5, 0.6) is 0 Å². The predicted molar refractivity (Wildman–Crippen MR) is 81.4 cm³/mol. The van der Waals surface area contributed by atoms with E-state index in [-0.39, 0.29) is 11.8 Å². The van der Waals surface area contributed by atoms with Crippen molar-refractivity contribution in [3.63, 3.8) is 0 Å². The number of anilines is 1. The number of rotatable bonds is 7. The van der Waals surface area contributed by atoms with Crippen molar-refractivity contribution in [2.24, 2.45) is 5.92 Å². The smallest absolute Gasteiger partial charge is 0.246 e. The molecule has 1 aromatic rings. The molecule has 0 saturated heterocycles. The zero-order chi connectivity index (χ0) is 15.0. The number of para-hydroxylation sites is 1. The topological polar surface area (TPSA) is 58.2 Å². The fraction of sp³-hybridized carbons (Fsp3) is 0.500. The second kappa shape index (κ2) is 8.35. The highest BCUT2D eigenvalue weighted by Crippen LogP contribution is 2.10. The van der Waals surface area contributed by atoms with Crippen LogP contribution in [0.4, 0.5) is 5.69 Å². The predicted octanol–water partition coefficient (Wildman–Crippen LogP) is 2.96. The van der Waals surface area contributed by atoms with Crippen molar-refractivity contribution in [2.45, 2.75) is 46.1 Å². The summed E-state index contributed by atoms with van der Waals surface area (Å²) < 4.78 is 0. The molecule has 0 aliphatic rings. The Labute approximate surface area is 121 Å². The molecule has 0 heterocycles. The molecule has 0 aliphatic heterocycles. The first-order valence-electron chi connectivity index (χ1n) is 7.18. The maximum absolute atomic E-state index is 12.3. The van der Waals surface area contributed by atoms with Gasteiger partial charge in [0.1, 0.15) is 6.04 Å².